The van der Waals surface area contributed by atoms with Crippen molar-refractivity contribution in [2.45, 2.75) is 20.3 Å². The summed E-state index contributed by atoms with van der Waals surface area (Å²) >= 11 is 0. The molecule has 0 saturated heterocycles. The Hall–Kier alpha value is -1.38. The maximum Gasteiger partial charge on any atom is 0.272 e. The van der Waals surface area contributed by atoms with E-state index < -0.39 is 0 Å². The average molecular weight is 192 g/mol. The van der Waals surface area contributed by atoms with E-state index in [0.29, 0.717) is 5.69 Å². The average Bonchev–Trinajstić information content (AvgIpc) is 2.26. The highest BCUT2D eigenvalue weighted by Gasteiger charge is 2.13. The van der Waals surface area contributed by atoms with E-state index in [0.717, 1.165) is 19.5 Å². The molecule has 1 rings (SSSR count). The summed E-state index contributed by atoms with van der Waals surface area (Å²) in [4.78, 5) is 17.7. The zero-order valence-electron chi connectivity index (χ0n) is 8.73. The molecule has 1 amide bonds. The summed E-state index contributed by atoms with van der Waals surface area (Å²) in [6.45, 7) is 5.58. The summed E-state index contributed by atoms with van der Waals surface area (Å²) in [5.41, 5.74) is 0.530. The Balaban J connectivity index is 2.73. The molecule has 0 aliphatic carbocycles. The Labute approximate surface area is 84.8 Å². The van der Waals surface area contributed by atoms with Gasteiger partial charge in [-0.2, -0.15) is 0 Å². The van der Waals surface area contributed by atoms with E-state index in [1.54, 1.807) is 12.3 Å². The molecule has 0 spiro atoms. The normalized spacial score (nSPS) is 9.86. The van der Waals surface area contributed by atoms with Crippen LogP contribution in [0.3, 0.4) is 0 Å². The number of aromatic nitrogens is 1. The first-order valence-electron chi connectivity index (χ1n) is 4.99. The maximum atomic E-state index is 11.8. The summed E-state index contributed by atoms with van der Waals surface area (Å²) in [7, 11) is 0. The molecule has 1 heterocycles. The molecule has 0 aliphatic heterocycles. The van der Waals surface area contributed by atoms with Gasteiger partial charge in [-0.25, -0.2) is 0 Å². The van der Waals surface area contributed by atoms with E-state index in [-0.39, 0.29) is 5.91 Å². The summed E-state index contributed by atoms with van der Waals surface area (Å²) in [6, 6.07) is 5.40. The van der Waals surface area contributed by atoms with Gasteiger partial charge in [0, 0.05) is 19.3 Å². The molecule has 76 valence electrons. The molecular formula is C11H16N2O. The van der Waals surface area contributed by atoms with Crippen LogP contribution in [0.4, 0.5) is 0 Å². The van der Waals surface area contributed by atoms with E-state index in [1.807, 2.05) is 24.0 Å². The zero-order valence-corrected chi connectivity index (χ0v) is 8.73. The second kappa shape index (κ2) is 5.37. The molecule has 0 saturated carbocycles. The number of rotatable bonds is 4. The first-order valence-corrected chi connectivity index (χ1v) is 4.99. The van der Waals surface area contributed by atoms with Crippen LogP contribution in [0.1, 0.15) is 30.8 Å². The molecule has 0 fully saturated rings. The van der Waals surface area contributed by atoms with Crippen LogP contribution in [-0.4, -0.2) is 28.9 Å². The molecule has 3 heteroatoms. The SMILES string of the molecule is CCCN(CC)C(=O)c1ccccn1. The van der Waals surface area contributed by atoms with Crippen molar-refractivity contribution in [2.24, 2.45) is 0 Å². The van der Waals surface area contributed by atoms with Gasteiger partial charge < -0.3 is 4.90 Å². The third-order valence-corrected chi connectivity index (χ3v) is 2.05. The quantitative estimate of drug-likeness (QED) is 0.730. The monoisotopic (exact) mass is 192 g/mol. The number of amides is 1. The number of carbonyl (C=O) groups excluding carboxylic acids is 1. The molecule has 0 unspecified atom stereocenters. The van der Waals surface area contributed by atoms with Crippen LogP contribution in [0.5, 0.6) is 0 Å². The number of carbonyl (C=O) groups is 1. The molecular weight excluding hydrogens is 176 g/mol. The van der Waals surface area contributed by atoms with Gasteiger partial charge >= 0.3 is 0 Å². The van der Waals surface area contributed by atoms with Gasteiger partial charge in [0.2, 0.25) is 0 Å². The lowest BCUT2D eigenvalue weighted by atomic mass is 10.3. The van der Waals surface area contributed by atoms with E-state index in [2.05, 4.69) is 11.9 Å². The van der Waals surface area contributed by atoms with E-state index in [9.17, 15) is 4.79 Å². The van der Waals surface area contributed by atoms with Crippen molar-refractivity contribution in [1.29, 1.82) is 0 Å². The van der Waals surface area contributed by atoms with Gasteiger partial charge in [-0.15, -0.1) is 0 Å². The van der Waals surface area contributed by atoms with Gasteiger partial charge in [0.25, 0.3) is 5.91 Å². The van der Waals surface area contributed by atoms with Crippen LogP contribution < -0.4 is 0 Å². The Morgan fingerprint density at radius 1 is 1.43 bits per heavy atom. The Bertz CT molecular complexity index is 285. The fourth-order valence-electron chi connectivity index (χ4n) is 1.32. The van der Waals surface area contributed by atoms with Crippen molar-refractivity contribution in [2.75, 3.05) is 13.1 Å². The van der Waals surface area contributed by atoms with Gasteiger partial charge in [-0.1, -0.05) is 13.0 Å². The third kappa shape index (κ3) is 2.55. The van der Waals surface area contributed by atoms with Crippen LogP contribution in [0.25, 0.3) is 0 Å². The van der Waals surface area contributed by atoms with Crippen LogP contribution >= 0.6 is 0 Å². The number of hydrogen-bond acceptors (Lipinski definition) is 2. The number of nitrogens with zero attached hydrogens (tertiary/aromatic N) is 2. The van der Waals surface area contributed by atoms with E-state index >= 15 is 0 Å². The van der Waals surface area contributed by atoms with Gasteiger partial charge in [0.05, 0.1) is 0 Å². The van der Waals surface area contributed by atoms with Crippen molar-refractivity contribution in [3.05, 3.63) is 30.1 Å². The van der Waals surface area contributed by atoms with Crippen molar-refractivity contribution in [3.8, 4) is 0 Å². The Kier molecular flexibility index (Phi) is 4.11. The molecule has 0 radical (unpaired) electrons. The smallest absolute Gasteiger partial charge is 0.272 e. The Morgan fingerprint density at radius 2 is 2.21 bits per heavy atom. The highest BCUT2D eigenvalue weighted by atomic mass is 16.2. The summed E-state index contributed by atoms with van der Waals surface area (Å²) in [5.74, 6) is 0.0231. The maximum absolute atomic E-state index is 11.8. The summed E-state index contributed by atoms with van der Waals surface area (Å²) < 4.78 is 0. The third-order valence-electron chi connectivity index (χ3n) is 2.05. The van der Waals surface area contributed by atoms with Crippen molar-refractivity contribution in [3.63, 3.8) is 0 Å². The van der Waals surface area contributed by atoms with E-state index in [4.69, 9.17) is 0 Å². The first-order chi connectivity index (χ1) is 6.79. The molecule has 1 aromatic rings. The predicted octanol–water partition coefficient (Wildman–Crippen LogP) is 1.95. The number of pyridine rings is 1. The predicted molar refractivity (Wildman–Crippen MR) is 56.1 cm³/mol. The minimum absolute atomic E-state index is 0.0231. The fourth-order valence-corrected chi connectivity index (χ4v) is 1.32. The van der Waals surface area contributed by atoms with Gasteiger partial charge in [-0.05, 0) is 25.5 Å². The second-order valence-corrected chi connectivity index (χ2v) is 3.10. The highest BCUT2D eigenvalue weighted by molar-refractivity contribution is 5.92. The lowest BCUT2D eigenvalue weighted by molar-refractivity contribution is 0.0758. The first kappa shape index (κ1) is 10.7. The summed E-state index contributed by atoms with van der Waals surface area (Å²) in [5, 5.41) is 0. The topological polar surface area (TPSA) is 33.2 Å². The molecule has 14 heavy (non-hydrogen) atoms. The fraction of sp³-hybridized carbons (Fsp3) is 0.455. The van der Waals surface area contributed by atoms with Gasteiger partial charge in [0.15, 0.2) is 0 Å². The molecule has 0 aliphatic rings. The van der Waals surface area contributed by atoms with Crippen LogP contribution in [0, 0.1) is 0 Å². The molecule has 0 atom stereocenters. The lowest BCUT2D eigenvalue weighted by Gasteiger charge is -2.19. The van der Waals surface area contributed by atoms with Crippen molar-refractivity contribution < 1.29 is 4.79 Å². The van der Waals surface area contributed by atoms with Gasteiger partial charge in [-0.3, -0.25) is 9.78 Å². The zero-order chi connectivity index (χ0) is 10.4. The molecule has 0 aromatic carbocycles. The lowest BCUT2D eigenvalue weighted by Crippen LogP contribution is -2.32. The minimum Gasteiger partial charge on any atom is -0.338 e. The molecule has 0 N–H and O–H groups in total. The summed E-state index contributed by atoms with van der Waals surface area (Å²) in [6.07, 6.45) is 2.62. The van der Waals surface area contributed by atoms with Crippen molar-refractivity contribution in [1.82, 2.24) is 9.88 Å². The van der Waals surface area contributed by atoms with Crippen LogP contribution in [0.2, 0.25) is 0 Å². The van der Waals surface area contributed by atoms with E-state index in [1.165, 1.54) is 0 Å². The molecule has 3 nitrogen and oxygen atoms in total. The molecule has 1 aromatic heterocycles. The largest absolute Gasteiger partial charge is 0.338 e. The Morgan fingerprint density at radius 3 is 2.71 bits per heavy atom. The van der Waals surface area contributed by atoms with Crippen LogP contribution in [0.15, 0.2) is 24.4 Å². The second-order valence-electron chi connectivity index (χ2n) is 3.10. The minimum atomic E-state index is 0.0231. The molecule has 0 bridgehead atoms. The standard InChI is InChI=1S/C11H16N2O/c1-3-9-13(4-2)11(14)10-7-5-6-8-12-10/h5-8H,3-4,9H2,1-2H3. The van der Waals surface area contributed by atoms with Gasteiger partial charge in [0.1, 0.15) is 5.69 Å². The highest BCUT2D eigenvalue weighted by Crippen LogP contribution is 2.01. The van der Waals surface area contributed by atoms with Crippen molar-refractivity contribution >= 4 is 5.91 Å². The number of hydrogen-bond donors (Lipinski definition) is 0. The van der Waals surface area contributed by atoms with Crippen LogP contribution in [-0.2, 0) is 0 Å².